The summed E-state index contributed by atoms with van der Waals surface area (Å²) in [6, 6.07) is 6.04. The van der Waals surface area contributed by atoms with Crippen LogP contribution in [0.3, 0.4) is 0 Å². The van der Waals surface area contributed by atoms with Gasteiger partial charge in [0.25, 0.3) is 5.91 Å². The Morgan fingerprint density at radius 3 is 2.49 bits per heavy atom. The van der Waals surface area contributed by atoms with Crippen LogP contribution in [0.5, 0.6) is 0 Å². The average molecular weight is 530 g/mol. The van der Waals surface area contributed by atoms with Crippen molar-refractivity contribution in [2.24, 2.45) is 0 Å². The molecule has 0 saturated carbocycles. The van der Waals surface area contributed by atoms with Gasteiger partial charge < -0.3 is 16.2 Å². The zero-order valence-corrected chi connectivity index (χ0v) is 18.1. The van der Waals surface area contributed by atoms with E-state index in [-0.39, 0.29) is 10.1 Å². The van der Waals surface area contributed by atoms with Gasteiger partial charge in [-0.2, -0.15) is 26.3 Å². The summed E-state index contributed by atoms with van der Waals surface area (Å²) in [6.07, 6.45) is -11.6. The Labute approximate surface area is 207 Å². The van der Waals surface area contributed by atoms with Crippen LogP contribution < -0.4 is 11.1 Å². The lowest BCUT2D eigenvalue weighted by Crippen LogP contribution is -2.21. The van der Waals surface area contributed by atoms with Crippen LogP contribution in [-0.4, -0.2) is 25.4 Å². The molecule has 0 aliphatic heterocycles. The number of nitrogen functional groups attached to an aromatic ring is 1. The van der Waals surface area contributed by atoms with Gasteiger partial charge in [-0.15, -0.1) is 0 Å². The highest BCUT2D eigenvalue weighted by Gasteiger charge is 2.36. The van der Waals surface area contributed by atoms with Crippen molar-refractivity contribution >= 4 is 22.9 Å². The zero-order valence-electron chi connectivity index (χ0n) is 21.1. The van der Waals surface area contributed by atoms with Gasteiger partial charge in [0, 0.05) is 15.4 Å². The third-order valence-electron chi connectivity index (χ3n) is 5.25. The quantitative estimate of drug-likeness (QED) is 0.317. The molecule has 4 aromatic rings. The topological polar surface area (TPSA) is 106 Å². The van der Waals surface area contributed by atoms with E-state index in [0.717, 1.165) is 30.3 Å². The second-order valence-electron chi connectivity index (χ2n) is 7.70. The molecule has 0 aliphatic rings. The molecule has 0 spiro atoms. The van der Waals surface area contributed by atoms with E-state index in [1.807, 2.05) is 0 Å². The van der Waals surface area contributed by atoms with E-state index in [1.165, 1.54) is 0 Å². The molecule has 2 aromatic carbocycles. The number of hydrogen-bond donors (Lipinski definition) is 3. The van der Waals surface area contributed by atoms with Gasteiger partial charge in [0.1, 0.15) is 34.4 Å². The Morgan fingerprint density at radius 2 is 1.86 bits per heavy atom. The standard InChI is InChI=1S/C23H16F7N5O2/c1-10-33-17(18-20(31)32-9-16(35(10)18)23(28,29)30)14-6-5-13(8-15(14)24)34-21(37)19(36)11-3-2-4-12(7-11)22(25,26)27/h2-9,19,36H,1H3,(H2,31,32)(H,34,37)/i1D3. The monoisotopic (exact) mass is 530 g/mol. The number of anilines is 2. The normalized spacial score (nSPS) is 14.6. The van der Waals surface area contributed by atoms with Crippen LogP contribution in [0.2, 0.25) is 0 Å². The number of alkyl halides is 6. The molecular weight excluding hydrogens is 511 g/mol. The maximum Gasteiger partial charge on any atom is 0.433 e. The number of halogens is 7. The van der Waals surface area contributed by atoms with Crippen molar-refractivity contribution < 1.29 is 44.7 Å². The molecule has 1 atom stereocenters. The summed E-state index contributed by atoms with van der Waals surface area (Å²) in [5, 5.41) is 12.3. The zero-order chi connectivity index (χ0) is 29.8. The highest BCUT2D eigenvalue weighted by Crippen LogP contribution is 2.36. The third-order valence-corrected chi connectivity index (χ3v) is 5.25. The molecule has 0 radical (unpaired) electrons. The molecule has 1 amide bonds. The van der Waals surface area contributed by atoms with E-state index in [1.54, 1.807) is 0 Å². The minimum atomic E-state index is -5.08. The number of carbonyl (C=O) groups is 1. The lowest BCUT2D eigenvalue weighted by atomic mass is 10.0. The first kappa shape index (κ1) is 22.0. The lowest BCUT2D eigenvalue weighted by molar-refractivity contribution is -0.142. The maximum absolute atomic E-state index is 15.2. The number of aromatic nitrogens is 3. The van der Waals surface area contributed by atoms with Gasteiger partial charge in [-0.25, -0.2) is 14.4 Å². The molecule has 194 valence electrons. The summed E-state index contributed by atoms with van der Waals surface area (Å²) < 4.78 is 118. The SMILES string of the molecule is [2H]C([2H])([2H])c1nc(-c2ccc(NC(=O)C(O)c3cccc(C(F)(F)F)c3)cc2F)c2c(N)ncc(C(F)(F)F)n12. The number of nitrogens with two attached hydrogens (primary N) is 1. The number of benzene rings is 2. The molecular formula is C23H16F7N5O2. The number of fused-ring (bicyclic) bond motifs is 1. The highest BCUT2D eigenvalue weighted by atomic mass is 19.4. The van der Waals surface area contributed by atoms with Crippen LogP contribution in [0, 0.1) is 12.7 Å². The van der Waals surface area contributed by atoms with Crippen molar-refractivity contribution in [3.63, 3.8) is 0 Å². The number of nitrogens with zero attached hydrogens (tertiary/aromatic N) is 3. The van der Waals surface area contributed by atoms with Gasteiger partial charge >= 0.3 is 12.4 Å². The van der Waals surface area contributed by atoms with Gasteiger partial charge in [0.15, 0.2) is 6.10 Å². The first-order chi connectivity index (χ1) is 18.4. The van der Waals surface area contributed by atoms with E-state index < -0.39 is 82.3 Å². The van der Waals surface area contributed by atoms with Crippen molar-refractivity contribution in [2.45, 2.75) is 25.3 Å². The molecule has 0 aliphatic carbocycles. The van der Waals surface area contributed by atoms with Crippen molar-refractivity contribution in [1.82, 2.24) is 14.4 Å². The molecule has 37 heavy (non-hydrogen) atoms. The molecule has 1 unspecified atom stereocenters. The average Bonchev–Trinajstić information content (AvgIpc) is 3.24. The molecule has 2 heterocycles. The number of aryl methyl sites for hydroxylation is 1. The molecule has 4 N–H and O–H groups in total. The van der Waals surface area contributed by atoms with Crippen LogP contribution >= 0.6 is 0 Å². The fraction of sp³-hybridized carbons (Fsp3) is 0.174. The van der Waals surface area contributed by atoms with Crippen molar-refractivity contribution in [3.05, 3.63) is 77.1 Å². The number of nitrogens with one attached hydrogen (secondary N) is 1. The second kappa shape index (κ2) is 9.03. The summed E-state index contributed by atoms with van der Waals surface area (Å²) in [7, 11) is 0. The van der Waals surface area contributed by atoms with Crippen LogP contribution in [-0.2, 0) is 17.1 Å². The first-order valence-corrected chi connectivity index (χ1v) is 10.1. The van der Waals surface area contributed by atoms with E-state index in [0.29, 0.717) is 18.3 Å². The molecule has 0 bridgehead atoms. The largest absolute Gasteiger partial charge is 0.433 e. The van der Waals surface area contributed by atoms with Gasteiger partial charge in [0.2, 0.25) is 0 Å². The van der Waals surface area contributed by atoms with Gasteiger partial charge in [-0.1, -0.05) is 12.1 Å². The summed E-state index contributed by atoms with van der Waals surface area (Å²) in [5.74, 6) is -4.04. The van der Waals surface area contributed by atoms with Crippen LogP contribution in [0.1, 0.15) is 32.9 Å². The van der Waals surface area contributed by atoms with E-state index in [4.69, 9.17) is 9.85 Å². The number of aliphatic hydroxyl groups is 1. The minimum absolute atomic E-state index is 0.227. The third kappa shape index (κ3) is 4.91. The summed E-state index contributed by atoms with van der Waals surface area (Å²) in [6.45, 7) is -3.18. The molecule has 14 heteroatoms. The smallest absolute Gasteiger partial charge is 0.382 e. The summed E-state index contributed by atoms with van der Waals surface area (Å²) in [5.41, 5.74) is 0.704. The van der Waals surface area contributed by atoms with Gasteiger partial charge in [-0.3, -0.25) is 9.20 Å². The summed E-state index contributed by atoms with van der Waals surface area (Å²) in [4.78, 5) is 19.6. The molecule has 0 fully saturated rings. The highest BCUT2D eigenvalue weighted by molar-refractivity contribution is 5.95. The van der Waals surface area contributed by atoms with E-state index in [9.17, 15) is 36.2 Å². The molecule has 7 nitrogen and oxygen atoms in total. The van der Waals surface area contributed by atoms with Crippen LogP contribution in [0.15, 0.2) is 48.7 Å². The Kier molecular flexibility index (Phi) is 5.38. The fourth-order valence-corrected chi connectivity index (χ4v) is 3.56. The van der Waals surface area contributed by atoms with Crippen molar-refractivity contribution in [1.29, 1.82) is 0 Å². The maximum atomic E-state index is 15.2. The molecule has 0 saturated heterocycles. The van der Waals surface area contributed by atoms with Crippen molar-refractivity contribution in [2.75, 3.05) is 11.1 Å². The predicted molar refractivity (Wildman–Crippen MR) is 118 cm³/mol. The number of rotatable bonds is 4. The van der Waals surface area contributed by atoms with Crippen LogP contribution in [0.4, 0.5) is 42.2 Å². The number of hydrogen-bond acceptors (Lipinski definition) is 5. The van der Waals surface area contributed by atoms with Crippen molar-refractivity contribution in [3.8, 4) is 11.3 Å². The van der Waals surface area contributed by atoms with Gasteiger partial charge in [0.05, 0.1) is 11.8 Å². The summed E-state index contributed by atoms with van der Waals surface area (Å²) >= 11 is 0. The number of aliphatic hydroxyl groups excluding tert-OH is 1. The Hall–Kier alpha value is -4.20. The predicted octanol–water partition coefficient (Wildman–Crippen LogP) is 5.14. The molecule has 4 rings (SSSR count). The Balaban J connectivity index is 1.72. The van der Waals surface area contributed by atoms with E-state index in [2.05, 4.69) is 15.3 Å². The number of carbonyl (C=O) groups excluding carboxylic acids is 1. The lowest BCUT2D eigenvalue weighted by Gasteiger charge is -2.14. The first-order valence-electron chi connectivity index (χ1n) is 11.6. The van der Waals surface area contributed by atoms with Gasteiger partial charge in [-0.05, 0) is 42.7 Å². The Bertz CT molecular complexity index is 1620. The minimum Gasteiger partial charge on any atom is -0.382 e. The number of amides is 1. The number of imidazole rings is 1. The Morgan fingerprint density at radius 1 is 1.14 bits per heavy atom. The second-order valence-corrected chi connectivity index (χ2v) is 7.70. The molecule has 2 aromatic heterocycles. The fourth-order valence-electron chi connectivity index (χ4n) is 3.56. The van der Waals surface area contributed by atoms with Crippen LogP contribution in [0.25, 0.3) is 16.8 Å². The van der Waals surface area contributed by atoms with E-state index >= 15 is 4.39 Å².